The smallest absolute Gasteiger partial charge is 0.229 e. The summed E-state index contributed by atoms with van der Waals surface area (Å²) in [5, 5.41) is 5.43. The van der Waals surface area contributed by atoms with Gasteiger partial charge < -0.3 is 10.6 Å². The van der Waals surface area contributed by atoms with Gasteiger partial charge in [-0.3, -0.25) is 4.79 Å². The molecule has 0 fully saturated rings. The predicted molar refractivity (Wildman–Crippen MR) is 55.9 cm³/mol. The van der Waals surface area contributed by atoms with E-state index in [2.05, 4.69) is 15.6 Å². The van der Waals surface area contributed by atoms with Crippen LogP contribution in [0.15, 0.2) is 18.2 Å². The molecular formula is C10H14FN3O. The Labute approximate surface area is 87.9 Å². The van der Waals surface area contributed by atoms with Gasteiger partial charge in [0.15, 0.2) is 0 Å². The minimum Gasteiger partial charge on any atom is -0.319 e. The van der Waals surface area contributed by atoms with Crippen molar-refractivity contribution in [3.05, 3.63) is 24.1 Å². The summed E-state index contributed by atoms with van der Waals surface area (Å²) in [6, 6.07) is 4.28. The number of nitrogens with zero attached hydrogens (tertiary/aromatic N) is 1. The average Bonchev–Trinajstić information content (AvgIpc) is 2.18. The fourth-order valence-electron chi connectivity index (χ4n) is 1.13. The first kappa shape index (κ1) is 11.6. The van der Waals surface area contributed by atoms with Crippen molar-refractivity contribution >= 4 is 11.7 Å². The van der Waals surface area contributed by atoms with Crippen LogP contribution < -0.4 is 10.6 Å². The molecular weight excluding hydrogens is 197 g/mol. The third-order valence-corrected chi connectivity index (χ3v) is 1.92. The molecule has 1 amide bonds. The summed E-state index contributed by atoms with van der Waals surface area (Å²) in [6.45, 7) is 2.35. The molecule has 4 nitrogen and oxygen atoms in total. The fourth-order valence-corrected chi connectivity index (χ4v) is 1.13. The first-order chi connectivity index (χ1) is 7.13. The largest absolute Gasteiger partial charge is 0.319 e. The molecule has 1 aromatic heterocycles. The summed E-state index contributed by atoms with van der Waals surface area (Å²) < 4.78 is 12.7. The molecule has 0 saturated carbocycles. The topological polar surface area (TPSA) is 54.0 Å². The Bertz CT molecular complexity index is 343. The van der Waals surface area contributed by atoms with Gasteiger partial charge in [-0.15, -0.1) is 0 Å². The number of hydrogen-bond acceptors (Lipinski definition) is 3. The maximum Gasteiger partial charge on any atom is 0.229 e. The molecule has 82 valence electrons. The van der Waals surface area contributed by atoms with E-state index >= 15 is 0 Å². The molecule has 0 radical (unpaired) electrons. The summed E-state index contributed by atoms with van der Waals surface area (Å²) in [6.07, 6.45) is 0. The van der Waals surface area contributed by atoms with E-state index in [1.165, 1.54) is 12.1 Å². The van der Waals surface area contributed by atoms with Gasteiger partial charge in [0.1, 0.15) is 5.82 Å². The zero-order chi connectivity index (χ0) is 11.3. The zero-order valence-electron chi connectivity index (χ0n) is 8.75. The number of carbonyl (C=O) groups is 1. The van der Waals surface area contributed by atoms with Gasteiger partial charge in [0.2, 0.25) is 11.9 Å². The van der Waals surface area contributed by atoms with Gasteiger partial charge in [-0.1, -0.05) is 13.0 Å². The highest BCUT2D eigenvalue weighted by atomic mass is 19.1. The Balaban J connectivity index is 2.58. The monoisotopic (exact) mass is 211 g/mol. The first-order valence-corrected chi connectivity index (χ1v) is 4.71. The molecule has 0 aliphatic carbocycles. The highest BCUT2D eigenvalue weighted by Gasteiger charge is 2.12. The lowest BCUT2D eigenvalue weighted by molar-refractivity contribution is -0.119. The van der Waals surface area contributed by atoms with Crippen LogP contribution in [0.1, 0.15) is 6.92 Å². The van der Waals surface area contributed by atoms with Gasteiger partial charge in [0, 0.05) is 12.5 Å². The number of pyridine rings is 1. The van der Waals surface area contributed by atoms with E-state index in [0.29, 0.717) is 6.54 Å². The fraction of sp³-hybridized carbons (Fsp3) is 0.400. The molecule has 0 saturated heterocycles. The normalized spacial score (nSPS) is 12.2. The number of aromatic nitrogens is 1. The maximum atomic E-state index is 12.7. The van der Waals surface area contributed by atoms with E-state index in [4.69, 9.17) is 0 Å². The number of rotatable bonds is 4. The Morgan fingerprint density at radius 1 is 1.60 bits per heavy atom. The quantitative estimate of drug-likeness (QED) is 0.731. The van der Waals surface area contributed by atoms with Gasteiger partial charge in [-0.2, -0.15) is 4.39 Å². The summed E-state index contributed by atoms with van der Waals surface area (Å²) >= 11 is 0. The van der Waals surface area contributed by atoms with E-state index in [0.717, 1.165) is 0 Å². The molecule has 5 heteroatoms. The second-order valence-electron chi connectivity index (χ2n) is 3.29. The molecule has 1 aromatic rings. The number of amides is 1. The molecule has 2 N–H and O–H groups in total. The van der Waals surface area contributed by atoms with Crippen molar-refractivity contribution in [1.82, 2.24) is 10.3 Å². The van der Waals surface area contributed by atoms with E-state index in [1.807, 2.05) is 0 Å². The van der Waals surface area contributed by atoms with Crippen LogP contribution in [0.25, 0.3) is 0 Å². The molecule has 0 bridgehead atoms. The van der Waals surface area contributed by atoms with Crippen LogP contribution in [0.4, 0.5) is 10.2 Å². The average molecular weight is 211 g/mol. The summed E-state index contributed by atoms with van der Waals surface area (Å²) in [5.74, 6) is -0.723. The lowest BCUT2D eigenvalue weighted by Crippen LogP contribution is -2.28. The van der Waals surface area contributed by atoms with Crippen LogP contribution in [0.3, 0.4) is 0 Å². The number of carbonyl (C=O) groups excluding carboxylic acids is 1. The third-order valence-electron chi connectivity index (χ3n) is 1.92. The maximum absolute atomic E-state index is 12.7. The van der Waals surface area contributed by atoms with Crippen molar-refractivity contribution in [3.8, 4) is 0 Å². The van der Waals surface area contributed by atoms with Gasteiger partial charge in [0.05, 0.1) is 0 Å². The van der Waals surface area contributed by atoms with E-state index in [-0.39, 0.29) is 17.6 Å². The molecule has 0 aliphatic heterocycles. The molecule has 0 aliphatic rings. The van der Waals surface area contributed by atoms with Crippen molar-refractivity contribution in [1.29, 1.82) is 0 Å². The standard InChI is InChI=1S/C10H14FN3O/c1-7(6-12-2)10(15)14-9-5-3-4-8(11)13-9/h3-5,7,12H,6H2,1-2H3,(H,13,14,15). The van der Waals surface area contributed by atoms with Crippen molar-refractivity contribution in [2.75, 3.05) is 18.9 Å². The summed E-state index contributed by atoms with van der Waals surface area (Å²) in [5.41, 5.74) is 0. The Hall–Kier alpha value is -1.49. The second kappa shape index (κ2) is 5.41. The highest BCUT2D eigenvalue weighted by Crippen LogP contribution is 2.05. The number of nitrogens with one attached hydrogen (secondary N) is 2. The van der Waals surface area contributed by atoms with Crippen LogP contribution in [0, 0.1) is 11.9 Å². The van der Waals surface area contributed by atoms with E-state index in [1.54, 1.807) is 20.0 Å². The van der Waals surface area contributed by atoms with Crippen LogP contribution >= 0.6 is 0 Å². The SMILES string of the molecule is CNCC(C)C(=O)Nc1cccc(F)n1. The third kappa shape index (κ3) is 3.63. The van der Waals surface area contributed by atoms with Gasteiger partial charge in [-0.05, 0) is 19.2 Å². The molecule has 0 aromatic carbocycles. The first-order valence-electron chi connectivity index (χ1n) is 4.71. The number of hydrogen-bond donors (Lipinski definition) is 2. The molecule has 1 unspecified atom stereocenters. The second-order valence-corrected chi connectivity index (χ2v) is 3.29. The molecule has 15 heavy (non-hydrogen) atoms. The minimum absolute atomic E-state index is 0.178. The Morgan fingerprint density at radius 2 is 2.33 bits per heavy atom. The Morgan fingerprint density at radius 3 is 2.93 bits per heavy atom. The number of halogens is 1. The van der Waals surface area contributed by atoms with Crippen molar-refractivity contribution in [3.63, 3.8) is 0 Å². The summed E-state index contributed by atoms with van der Waals surface area (Å²) in [7, 11) is 1.77. The minimum atomic E-state index is -0.603. The molecule has 1 atom stereocenters. The predicted octanol–water partition coefficient (Wildman–Crippen LogP) is 1.01. The van der Waals surface area contributed by atoms with E-state index in [9.17, 15) is 9.18 Å². The lowest BCUT2D eigenvalue weighted by Gasteiger charge is -2.10. The van der Waals surface area contributed by atoms with Crippen LogP contribution in [-0.2, 0) is 4.79 Å². The van der Waals surface area contributed by atoms with Crippen LogP contribution in [0.5, 0.6) is 0 Å². The van der Waals surface area contributed by atoms with Crippen molar-refractivity contribution in [2.45, 2.75) is 6.92 Å². The van der Waals surface area contributed by atoms with E-state index < -0.39 is 5.95 Å². The molecule has 1 rings (SSSR count). The lowest BCUT2D eigenvalue weighted by atomic mass is 10.1. The van der Waals surface area contributed by atoms with Crippen molar-refractivity contribution < 1.29 is 9.18 Å². The van der Waals surface area contributed by atoms with Crippen LogP contribution in [0.2, 0.25) is 0 Å². The molecule has 0 spiro atoms. The highest BCUT2D eigenvalue weighted by molar-refractivity contribution is 5.91. The number of anilines is 1. The zero-order valence-corrected chi connectivity index (χ0v) is 8.75. The Kier molecular flexibility index (Phi) is 4.17. The van der Waals surface area contributed by atoms with Crippen LogP contribution in [-0.4, -0.2) is 24.5 Å². The van der Waals surface area contributed by atoms with Gasteiger partial charge in [-0.25, -0.2) is 4.98 Å². The van der Waals surface area contributed by atoms with Gasteiger partial charge in [0.25, 0.3) is 0 Å². The van der Waals surface area contributed by atoms with Gasteiger partial charge >= 0.3 is 0 Å². The summed E-state index contributed by atoms with van der Waals surface area (Å²) in [4.78, 5) is 15.0. The van der Waals surface area contributed by atoms with Crippen molar-refractivity contribution in [2.24, 2.45) is 5.92 Å². The molecule has 1 heterocycles.